The van der Waals surface area contributed by atoms with Crippen LogP contribution in [0.2, 0.25) is 0 Å². The van der Waals surface area contributed by atoms with E-state index in [0.717, 1.165) is 23.9 Å². The standard InChI is InChI=1S/C18H17N3O2/c1-11-8-9-19-17(20-11)16(12-6-7-12)21-18(22)14-10-23-15-5-3-2-4-13(14)15/h2-5,8-10,12,16H,6-7H2,1H3,(H,21,22). The number of aryl methyl sites for hydroxylation is 1. The van der Waals surface area contributed by atoms with Crippen LogP contribution >= 0.6 is 0 Å². The van der Waals surface area contributed by atoms with Crippen molar-refractivity contribution in [3.63, 3.8) is 0 Å². The molecule has 1 aromatic carbocycles. The highest BCUT2D eigenvalue weighted by molar-refractivity contribution is 6.06. The predicted molar refractivity (Wildman–Crippen MR) is 85.9 cm³/mol. The number of hydrogen-bond donors (Lipinski definition) is 1. The number of rotatable bonds is 4. The summed E-state index contributed by atoms with van der Waals surface area (Å²) in [4.78, 5) is 21.5. The summed E-state index contributed by atoms with van der Waals surface area (Å²) in [5.74, 6) is 0.963. The first-order valence-electron chi connectivity index (χ1n) is 7.79. The van der Waals surface area contributed by atoms with Gasteiger partial charge in [-0.3, -0.25) is 4.79 Å². The average Bonchev–Trinajstić information content (AvgIpc) is 3.30. The summed E-state index contributed by atoms with van der Waals surface area (Å²) in [6.07, 6.45) is 5.44. The topological polar surface area (TPSA) is 68.0 Å². The van der Waals surface area contributed by atoms with Gasteiger partial charge in [-0.15, -0.1) is 0 Å². The molecule has 2 aromatic heterocycles. The molecule has 1 atom stereocenters. The zero-order chi connectivity index (χ0) is 15.8. The van der Waals surface area contributed by atoms with E-state index in [1.165, 1.54) is 6.26 Å². The molecule has 0 spiro atoms. The number of nitrogens with zero attached hydrogens (tertiary/aromatic N) is 2. The lowest BCUT2D eigenvalue weighted by atomic mass is 10.1. The smallest absolute Gasteiger partial charge is 0.255 e. The van der Waals surface area contributed by atoms with Crippen LogP contribution in [0.5, 0.6) is 0 Å². The maximum atomic E-state index is 12.7. The van der Waals surface area contributed by atoms with Gasteiger partial charge in [-0.05, 0) is 37.8 Å². The number of nitrogens with one attached hydrogen (secondary N) is 1. The first-order valence-corrected chi connectivity index (χ1v) is 7.79. The first kappa shape index (κ1) is 13.9. The number of carbonyl (C=O) groups is 1. The first-order chi connectivity index (χ1) is 11.2. The highest BCUT2D eigenvalue weighted by atomic mass is 16.3. The number of furan rings is 1. The van der Waals surface area contributed by atoms with Crippen LogP contribution in [0, 0.1) is 12.8 Å². The molecule has 4 rings (SSSR count). The van der Waals surface area contributed by atoms with Crippen LogP contribution in [-0.2, 0) is 0 Å². The quantitative estimate of drug-likeness (QED) is 0.802. The minimum atomic E-state index is -0.143. The van der Waals surface area contributed by atoms with E-state index >= 15 is 0 Å². The molecule has 5 nitrogen and oxygen atoms in total. The highest BCUT2D eigenvalue weighted by Gasteiger charge is 2.35. The second kappa shape index (κ2) is 5.50. The largest absolute Gasteiger partial charge is 0.463 e. The van der Waals surface area contributed by atoms with Crippen molar-refractivity contribution in [2.24, 2.45) is 5.92 Å². The summed E-state index contributed by atoms with van der Waals surface area (Å²) in [6, 6.07) is 9.25. The second-order valence-corrected chi connectivity index (χ2v) is 5.99. The van der Waals surface area contributed by atoms with Crippen molar-refractivity contribution in [2.45, 2.75) is 25.8 Å². The molecule has 1 amide bonds. The second-order valence-electron chi connectivity index (χ2n) is 5.99. The van der Waals surface area contributed by atoms with E-state index in [0.29, 0.717) is 22.9 Å². The molecule has 1 unspecified atom stereocenters. The van der Waals surface area contributed by atoms with Gasteiger partial charge >= 0.3 is 0 Å². The van der Waals surface area contributed by atoms with Gasteiger partial charge in [0.25, 0.3) is 5.91 Å². The van der Waals surface area contributed by atoms with Crippen LogP contribution in [0.25, 0.3) is 11.0 Å². The molecule has 3 aromatic rings. The average molecular weight is 307 g/mol. The maximum absolute atomic E-state index is 12.7. The zero-order valence-corrected chi connectivity index (χ0v) is 12.8. The van der Waals surface area contributed by atoms with Crippen LogP contribution < -0.4 is 5.32 Å². The van der Waals surface area contributed by atoms with E-state index < -0.39 is 0 Å². The van der Waals surface area contributed by atoms with Gasteiger partial charge in [0.2, 0.25) is 0 Å². The van der Waals surface area contributed by atoms with Gasteiger partial charge in [-0.1, -0.05) is 18.2 Å². The fourth-order valence-corrected chi connectivity index (χ4v) is 2.81. The molecule has 0 aliphatic heterocycles. The monoisotopic (exact) mass is 307 g/mol. The Bertz CT molecular complexity index is 867. The molecule has 1 fully saturated rings. The minimum absolute atomic E-state index is 0.142. The molecule has 2 heterocycles. The molecule has 1 aliphatic rings. The van der Waals surface area contributed by atoms with Crippen LogP contribution in [0.3, 0.4) is 0 Å². The molecular formula is C18H17N3O2. The number of carbonyl (C=O) groups excluding carboxylic acids is 1. The third-order valence-electron chi connectivity index (χ3n) is 4.20. The van der Waals surface area contributed by atoms with E-state index in [4.69, 9.17) is 4.42 Å². The van der Waals surface area contributed by atoms with Crippen molar-refractivity contribution in [1.29, 1.82) is 0 Å². The van der Waals surface area contributed by atoms with E-state index in [-0.39, 0.29) is 11.9 Å². The molecule has 5 heteroatoms. The van der Waals surface area contributed by atoms with E-state index in [9.17, 15) is 4.79 Å². The molecule has 0 bridgehead atoms. The van der Waals surface area contributed by atoms with Crippen LogP contribution in [-0.4, -0.2) is 15.9 Å². The van der Waals surface area contributed by atoms with Crippen molar-refractivity contribution in [2.75, 3.05) is 0 Å². The molecule has 23 heavy (non-hydrogen) atoms. The maximum Gasteiger partial charge on any atom is 0.255 e. The van der Waals surface area contributed by atoms with Crippen molar-refractivity contribution < 1.29 is 9.21 Å². The summed E-state index contributed by atoms with van der Waals surface area (Å²) >= 11 is 0. The van der Waals surface area contributed by atoms with Crippen molar-refractivity contribution in [3.05, 3.63) is 59.9 Å². The highest BCUT2D eigenvalue weighted by Crippen LogP contribution is 2.40. The van der Waals surface area contributed by atoms with E-state index in [1.807, 2.05) is 37.3 Å². The van der Waals surface area contributed by atoms with Gasteiger partial charge in [0.05, 0.1) is 11.6 Å². The fourth-order valence-electron chi connectivity index (χ4n) is 2.81. The number of aromatic nitrogens is 2. The Morgan fingerprint density at radius 3 is 2.91 bits per heavy atom. The SMILES string of the molecule is Cc1ccnc(C(NC(=O)c2coc3ccccc23)C2CC2)n1. The number of para-hydroxylation sites is 1. The van der Waals surface area contributed by atoms with Crippen molar-refractivity contribution in [3.8, 4) is 0 Å². The molecule has 0 radical (unpaired) electrons. The minimum Gasteiger partial charge on any atom is -0.463 e. The number of amides is 1. The zero-order valence-electron chi connectivity index (χ0n) is 12.8. The summed E-state index contributed by atoms with van der Waals surface area (Å²) in [5, 5.41) is 3.92. The van der Waals surface area contributed by atoms with Gasteiger partial charge in [0, 0.05) is 17.3 Å². The molecule has 0 saturated heterocycles. The Labute approximate surface area is 133 Å². The fraction of sp³-hybridized carbons (Fsp3) is 0.278. The van der Waals surface area contributed by atoms with Crippen molar-refractivity contribution in [1.82, 2.24) is 15.3 Å². The van der Waals surface area contributed by atoms with Crippen molar-refractivity contribution >= 4 is 16.9 Å². The number of benzene rings is 1. The van der Waals surface area contributed by atoms with Gasteiger partial charge in [-0.25, -0.2) is 9.97 Å². The summed E-state index contributed by atoms with van der Waals surface area (Å²) in [7, 11) is 0. The molecule has 1 saturated carbocycles. The third kappa shape index (κ3) is 2.70. The van der Waals surface area contributed by atoms with E-state index in [2.05, 4.69) is 15.3 Å². The Morgan fingerprint density at radius 2 is 2.13 bits per heavy atom. The van der Waals surface area contributed by atoms with Crippen LogP contribution in [0.4, 0.5) is 0 Å². The van der Waals surface area contributed by atoms with Gasteiger partial charge < -0.3 is 9.73 Å². The summed E-state index contributed by atoms with van der Waals surface area (Å²) in [6.45, 7) is 1.93. The molecule has 116 valence electrons. The normalized spacial score (nSPS) is 15.5. The Kier molecular flexibility index (Phi) is 3.33. The summed E-state index contributed by atoms with van der Waals surface area (Å²) < 4.78 is 5.46. The lowest BCUT2D eigenvalue weighted by molar-refractivity contribution is 0.0930. The lowest BCUT2D eigenvalue weighted by Gasteiger charge is -2.16. The Morgan fingerprint density at radius 1 is 1.30 bits per heavy atom. The Hall–Kier alpha value is -2.69. The van der Waals surface area contributed by atoms with Crippen LogP contribution in [0.15, 0.2) is 47.2 Å². The predicted octanol–water partition coefficient (Wildman–Crippen LogP) is 3.41. The molecule has 1 N–H and O–H groups in total. The van der Waals surface area contributed by atoms with E-state index in [1.54, 1.807) is 6.20 Å². The number of fused-ring (bicyclic) bond motifs is 1. The molecule has 1 aliphatic carbocycles. The molecular weight excluding hydrogens is 290 g/mol. The van der Waals surface area contributed by atoms with Gasteiger partial charge in [-0.2, -0.15) is 0 Å². The lowest BCUT2D eigenvalue weighted by Crippen LogP contribution is -2.31. The Balaban J connectivity index is 1.63. The van der Waals surface area contributed by atoms with Gasteiger partial charge in [0.1, 0.15) is 11.8 Å². The van der Waals surface area contributed by atoms with Gasteiger partial charge in [0.15, 0.2) is 5.82 Å². The third-order valence-corrected chi connectivity index (χ3v) is 4.20. The van der Waals surface area contributed by atoms with Crippen LogP contribution in [0.1, 0.15) is 40.8 Å². The summed E-state index contributed by atoms with van der Waals surface area (Å²) in [5.41, 5.74) is 2.18. The number of hydrogen-bond acceptors (Lipinski definition) is 4.